The SMILES string of the molecule is CCOC(=O)c1c2c(n(O)c1C)CCc1nonc1-2. The van der Waals surface area contributed by atoms with Crippen molar-refractivity contribution in [3.63, 3.8) is 0 Å². The fourth-order valence-corrected chi connectivity index (χ4v) is 2.48. The summed E-state index contributed by atoms with van der Waals surface area (Å²) in [6.45, 7) is 3.67. The van der Waals surface area contributed by atoms with Gasteiger partial charge in [-0.3, -0.25) is 0 Å². The maximum Gasteiger partial charge on any atom is 0.340 e. The minimum atomic E-state index is -0.472. The monoisotopic (exact) mass is 263 g/mol. The average molecular weight is 263 g/mol. The van der Waals surface area contributed by atoms with E-state index in [2.05, 4.69) is 10.3 Å². The van der Waals surface area contributed by atoms with Crippen LogP contribution in [0.3, 0.4) is 0 Å². The van der Waals surface area contributed by atoms with Crippen LogP contribution >= 0.6 is 0 Å². The highest BCUT2D eigenvalue weighted by Crippen LogP contribution is 2.37. The summed E-state index contributed by atoms with van der Waals surface area (Å²) in [7, 11) is 0. The molecule has 2 aromatic heterocycles. The van der Waals surface area contributed by atoms with Crippen LogP contribution in [0.25, 0.3) is 11.3 Å². The van der Waals surface area contributed by atoms with Gasteiger partial charge in [-0.25, -0.2) is 9.42 Å². The van der Waals surface area contributed by atoms with E-state index in [9.17, 15) is 10.0 Å². The van der Waals surface area contributed by atoms with E-state index in [0.717, 1.165) is 4.73 Å². The van der Waals surface area contributed by atoms with Crippen molar-refractivity contribution >= 4 is 5.97 Å². The first-order valence-corrected chi connectivity index (χ1v) is 6.07. The van der Waals surface area contributed by atoms with Crippen molar-refractivity contribution in [1.29, 1.82) is 0 Å². The maximum atomic E-state index is 12.1. The number of aryl methyl sites for hydroxylation is 1. The highest BCUT2D eigenvalue weighted by atomic mass is 16.6. The molecule has 2 aromatic rings. The van der Waals surface area contributed by atoms with E-state index in [1.165, 1.54) is 0 Å². The summed E-state index contributed by atoms with van der Waals surface area (Å²) in [5, 5.41) is 17.7. The standard InChI is InChI=1S/C12H13N3O4/c1-3-18-12(16)9-6(2)15(17)8-5-4-7-11(10(8)9)14-19-13-7/h17H,3-5H2,1-2H3. The molecular formula is C12H13N3O4. The zero-order valence-corrected chi connectivity index (χ0v) is 10.6. The van der Waals surface area contributed by atoms with E-state index >= 15 is 0 Å². The Hall–Kier alpha value is -2.31. The second kappa shape index (κ2) is 4.11. The van der Waals surface area contributed by atoms with Gasteiger partial charge >= 0.3 is 5.97 Å². The van der Waals surface area contributed by atoms with Crippen LogP contribution in [0.4, 0.5) is 0 Å². The summed E-state index contributed by atoms with van der Waals surface area (Å²) in [5.41, 5.74) is 3.20. The lowest BCUT2D eigenvalue weighted by atomic mass is 9.95. The number of fused-ring (bicyclic) bond motifs is 3. The highest BCUT2D eigenvalue weighted by Gasteiger charge is 2.33. The molecule has 0 amide bonds. The summed E-state index contributed by atoms with van der Waals surface area (Å²) in [6, 6.07) is 0. The van der Waals surface area contributed by atoms with E-state index in [-0.39, 0.29) is 6.61 Å². The maximum absolute atomic E-state index is 12.1. The van der Waals surface area contributed by atoms with Crippen LogP contribution in [-0.2, 0) is 17.6 Å². The Labute approximate surface area is 108 Å². The van der Waals surface area contributed by atoms with Crippen molar-refractivity contribution in [2.45, 2.75) is 26.7 Å². The summed E-state index contributed by atoms with van der Waals surface area (Å²) < 4.78 is 10.8. The Balaban J connectivity index is 2.25. The summed E-state index contributed by atoms with van der Waals surface area (Å²) in [5.74, 6) is -0.472. The molecule has 0 fully saturated rings. The van der Waals surface area contributed by atoms with Crippen molar-refractivity contribution in [2.75, 3.05) is 6.61 Å². The van der Waals surface area contributed by atoms with Gasteiger partial charge in [-0.15, -0.1) is 0 Å². The van der Waals surface area contributed by atoms with Gasteiger partial charge in [-0.1, -0.05) is 5.16 Å². The predicted octanol–water partition coefficient (Wildman–Crippen LogP) is 1.36. The zero-order chi connectivity index (χ0) is 13.6. The molecule has 1 aliphatic carbocycles. The number of carbonyl (C=O) groups is 1. The molecule has 100 valence electrons. The van der Waals surface area contributed by atoms with Crippen molar-refractivity contribution in [3.05, 3.63) is 22.6 Å². The molecule has 7 heteroatoms. The number of nitrogens with zero attached hydrogens (tertiary/aromatic N) is 3. The molecule has 0 radical (unpaired) electrons. The van der Waals surface area contributed by atoms with Gasteiger partial charge in [0.2, 0.25) is 0 Å². The Kier molecular flexibility index (Phi) is 2.55. The van der Waals surface area contributed by atoms with Gasteiger partial charge in [0.1, 0.15) is 11.4 Å². The van der Waals surface area contributed by atoms with Crippen LogP contribution in [0.1, 0.15) is 34.4 Å². The lowest BCUT2D eigenvalue weighted by Crippen LogP contribution is -2.09. The predicted molar refractivity (Wildman–Crippen MR) is 63.0 cm³/mol. The normalized spacial score (nSPS) is 12.9. The third-order valence-electron chi connectivity index (χ3n) is 3.35. The first-order valence-electron chi connectivity index (χ1n) is 6.07. The Morgan fingerprint density at radius 3 is 3.00 bits per heavy atom. The van der Waals surface area contributed by atoms with Gasteiger partial charge < -0.3 is 9.94 Å². The van der Waals surface area contributed by atoms with Crippen molar-refractivity contribution in [3.8, 4) is 11.3 Å². The molecule has 1 N–H and O–H groups in total. The molecule has 0 bridgehead atoms. The van der Waals surface area contributed by atoms with Crippen molar-refractivity contribution in [2.24, 2.45) is 0 Å². The number of hydrogen-bond acceptors (Lipinski definition) is 6. The lowest BCUT2D eigenvalue weighted by Gasteiger charge is -2.10. The molecule has 0 unspecified atom stereocenters. The van der Waals surface area contributed by atoms with Crippen molar-refractivity contribution in [1.82, 2.24) is 15.0 Å². The second-order valence-electron chi connectivity index (χ2n) is 4.37. The number of rotatable bonds is 2. The fourth-order valence-electron chi connectivity index (χ4n) is 2.48. The van der Waals surface area contributed by atoms with Crippen LogP contribution < -0.4 is 0 Å². The summed E-state index contributed by atoms with van der Waals surface area (Å²) in [6.07, 6.45) is 1.20. The van der Waals surface area contributed by atoms with Crippen LogP contribution in [0.15, 0.2) is 4.63 Å². The molecule has 0 saturated carbocycles. The van der Waals surface area contributed by atoms with E-state index < -0.39 is 5.97 Å². The number of esters is 1. The largest absolute Gasteiger partial charge is 0.462 e. The van der Waals surface area contributed by atoms with Gasteiger partial charge in [-0.05, 0) is 25.4 Å². The van der Waals surface area contributed by atoms with E-state index in [1.807, 2.05) is 0 Å². The molecule has 19 heavy (non-hydrogen) atoms. The number of carbonyl (C=O) groups excluding carboxylic acids is 1. The molecule has 0 saturated heterocycles. The van der Waals surface area contributed by atoms with Crippen LogP contribution in [0, 0.1) is 6.92 Å². The molecule has 0 aromatic carbocycles. The van der Waals surface area contributed by atoms with Crippen molar-refractivity contribution < 1.29 is 19.4 Å². The minimum absolute atomic E-state index is 0.271. The van der Waals surface area contributed by atoms with E-state index in [4.69, 9.17) is 9.37 Å². The number of aromatic nitrogens is 3. The summed E-state index contributed by atoms with van der Waals surface area (Å²) in [4.78, 5) is 12.1. The number of ether oxygens (including phenoxy) is 1. The molecule has 7 nitrogen and oxygen atoms in total. The molecule has 2 heterocycles. The molecule has 0 atom stereocenters. The smallest absolute Gasteiger partial charge is 0.340 e. The first kappa shape index (κ1) is 11.8. The minimum Gasteiger partial charge on any atom is -0.462 e. The lowest BCUT2D eigenvalue weighted by molar-refractivity contribution is 0.0523. The first-order chi connectivity index (χ1) is 9.15. The van der Waals surface area contributed by atoms with Gasteiger partial charge in [-0.2, -0.15) is 4.73 Å². The highest BCUT2D eigenvalue weighted by molar-refractivity contribution is 5.99. The Bertz CT molecular complexity index is 656. The van der Waals surface area contributed by atoms with E-state index in [1.54, 1.807) is 13.8 Å². The molecule has 0 spiro atoms. The Morgan fingerprint density at radius 2 is 2.26 bits per heavy atom. The number of hydrogen-bond donors (Lipinski definition) is 1. The molecule has 0 aliphatic heterocycles. The van der Waals surface area contributed by atoms with E-state index in [0.29, 0.717) is 46.7 Å². The van der Waals surface area contributed by atoms with Gasteiger partial charge in [0, 0.05) is 12.0 Å². The summed E-state index contributed by atoms with van der Waals surface area (Å²) >= 11 is 0. The second-order valence-corrected chi connectivity index (χ2v) is 4.37. The third-order valence-corrected chi connectivity index (χ3v) is 3.35. The molecule has 1 aliphatic rings. The fraction of sp³-hybridized carbons (Fsp3) is 0.417. The van der Waals surface area contributed by atoms with Crippen LogP contribution in [0.2, 0.25) is 0 Å². The van der Waals surface area contributed by atoms with Crippen LogP contribution in [-0.4, -0.2) is 32.8 Å². The molecule has 3 rings (SSSR count). The third kappa shape index (κ3) is 1.54. The average Bonchev–Trinajstić information content (AvgIpc) is 2.94. The quantitative estimate of drug-likeness (QED) is 0.649. The molecular weight excluding hydrogens is 250 g/mol. The zero-order valence-electron chi connectivity index (χ0n) is 10.6. The topological polar surface area (TPSA) is 90.4 Å². The van der Waals surface area contributed by atoms with Gasteiger partial charge in [0.05, 0.1) is 23.6 Å². The Morgan fingerprint density at radius 1 is 1.47 bits per heavy atom. The van der Waals surface area contributed by atoms with Gasteiger partial charge in [0.15, 0.2) is 0 Å². The van der Waals surface area contributed by atoms with Crippen LogP contribution in [0.5, 0.6) is 0 Å². The van der Waals surface area contributed by atoms with Gasteiger partial charge in [0.25, 0.3) is 0 Å².